The Morgan fingerprint density at radius 3 is 2.30 bits per heavy atom. The number of rotatable bonds is 8. The maximum atomic E-state index is 12.5. The molecule has 2 N–H and O–H groups in total. The van der Waals surface area contributed by atoms with E-state index in [1.54, 1.807) is 13.8 Å². The first kappa shape index (κ1) is 21.4. The topological polar surface area (TPSA) is 111 Å². The highest BCUT2D eigenvalue weighted by molar-refractivity contribution is 7.92. The summed E-state index contributed by atoms with van der Waals surface area (Å²) in [7, 11) is -3.83. The number of aryl methyl sites for hydroxylation is 1. The minimum absolute atomic E-state index is 0.0421. The molecule has 0 radical (unpaired) electrons. The molecule has 2 aromatic carbocycles. The first-order valence-electron chi connectivity index (χ1n) is 9.36. The molecule has 0 saturated carbocycles. The van der Waals surface area contributed by atoms with Gasteiger partial charge in [0.15, 0.2) is 0 Å². The second kappa shape index (κ2) is 9.00. The van der Waals surface area contributed by atoms with Gasteiger partial charge in [0.1, 0.15) is 5.75 Å². The summed E-state index contributed by atoms with van der Waals surface area (Å²) in [5.41, 5.74) is 2.57. The molecule has 0 saturated heterocycles. The van der Waals surface area contributed by atoms with Crippen molar-refractivity contribution < 1.29 is 22.5 Å². The number of hydrogen-bond donors (Lipinski definition) is 2. The third-order valence-corrected chi connectivity index (χ3v) is 5.78. The van der Waals surface area contributed by atoms with Gasteiger partial charge in [-0.15, -0.1) is 0 Å². The fourth-order valence-electron chi connectivity index (χ4n) is 2.67. The number of carbonyl (C=O) groups is 1. The van der Waals surface area contributed by atoms with Gasteiger partial charge in [-0.25, -0.2) is 13.1 Å². The molecule has 9 heteroatoms. The third-order valence-electron chi connectivity index (χ3n) is 4.43. The number of nitrogens with zero attached hydrogens (tertiary/aromatic N) is 1. The molecule has 3 aromatic rings. The average molecular weight is 429 g/mol. The van der Waals surface area contributed by atoms with Crippen LogP contribution in [0.15, 0.2) is 57.9 Å². The zero-order chi connectivity index (χ0) is 21.7. The van der Waals surface area contributed by atoms with E-state index in [4.69, 9.17) is 9.26 Å². The molecule has 0 unspecified atom stereocenters. The minimum Gasteiger partial charge on any atom is -0.494 e. The summed E-state index contributed by atoms with van der Waals surface area (Å²) in [6, 6.07) is 13.2. The summed E-state index contributed by atoms with van der Waals surface area (Å²) < 4.78 is 37.8. The quantitative estimate of drug-likeness (QED) is 0.565. The highest BCUT2D eigenvalue weighted by Crippen LogP contribution is 2.22. The van der Waals surface area contributed by atoms with E-state index in [9.17, 15) is 13.2 Å². The van der Waals surface area contributed by atoms with Crippen molar-refractivity contribution in [1.29, 1.82) is 0 Å². The number of aromatic nitrogens is 1. The van der Waals surface area contributed by atoms with Gasteiger partial charge in [0.2, 0.25) is 11.8 Å². The van der Waals surface area contributed by atoms with E-state index < -0.39 is 10.0 Å². The van der Waals surface area contributed by atoms with Crippen molar-refractivity contribution in [2.45, 2.75) is 32.1 Å². The lowest BCUT2D eigenvalue weighted by atomic mass is 10.1. The van der Waals surface area contributed by atoms with Crippen LogP contribution >= 0.6 is 0 Å². The molecule has 0 aliphatic rings. The van der Waals surface area contributed by atoms with Crippen LogP contribution in [0, 0.1) is 13.8 Å². The van der Waals surface area contributed by atoms with Crippen molar-refractivity contribution in [2.75, 3.05) is 16.6 Å². The van der Waals surface area contributed by atoms with E-state index >= 15 is 0 Å². The van der Waals surface area contributed by atoms with E-state index in [-0.39, 0.29) is 23.1 Å². The Kier molecular flexibility index (Phi) is 6.41. The molecule has 0 spiro atoms. The largest absolute Gasteiger partial charge is 0.494 e. The van der Waals surface area contributed by atoms with Crippen LogP contribution in [0.3, 0.4) is 0 Å². The Morgan fingerprint density at radius 2 is 1.73 bits per heavy atom. The summed E-state index contributed by atoms with van der Waals surface area (Å²) in [5.74, 6) is 0.628. The van der Waals surface area contributed by atoms with Gasteiger partial charge in [-0.05, 0) is 62.7 Å². The van der Waals surface area contributed by atoms with E-state index in [1.165, 1.54) is 24.3 Å². The van der Waals surface area contributed by atoms with Gasteiger partial charge in [0.05, 0.1) is 23.6 Å². The van der Waals surface area contributed by atoms with Crippen molar-refractivity contribution in [3.05, 3.63) is 65.4 Å². The van der Waals surface area contributed by atoms with Crippen molar-refractivity contribution >= 4 is 27.5 Å². The van der Waals surface area contributed by atoms with Gasteiger partial charge in [0.25, 0.3) is 10.0 Å². The Morgan fingerprint density at radius 1 is 1.07 bits per heavy atom. The van der Waals surface area contributed by atoms with Crippen LogP contribution in [0.1, 0.15) is 23.7 Å². The standard InChI is InChI=1S/C21H23N3O5S/c1-4-28-18-9-5-16(6-10-18)13-20(25)22-17-7-11-19(12-8-17)30(26,27)24-21-14(2)15(3)23-29-21/h5-12,24H,4,13H2,1-3H3,(H,22,25). The number of carbonyl (C=O) groups excluding carboxylic acids is 1. The zero-order valence-electron chi connectivity index (χ0n) is 16.9. The molecule has 3 rings (SSSR count). The third kappa shape index (κ3) is 5.18. The van der Waals surface area contributed by atoms with Gasteiger partial charge < -0.3 is 14.6 Å². The lowest BCUT2D eigenvalue weighted by molar-refractivity contribution is -0.115. The molecule has 0 atom stereocenters. The highest BCUT2D eigenvalue weighted by atomic mass is 32.2. The number of benzene rings is 2. The molecular weight excluding hydrogens is 406 g/mol. The van der Waals surface area contributed by atoms with Crippen LogP contribution in [0.5, 0.6) is 5.75 Å². The van der Waals surface area contributed by atoms with Crippen LogP contribution in [-0.2, 0) is 21.2 Å². The normalized spacial score (nSPS) is 11.2. The Hall–Kier alpha value is -3.33. The van der Waals surface area contributed by atoms with Crippen LogP contribution in [-0.4, -0.2) is 26.1 Å². The summed E-state index contributed by atoms with van der Waals surface area (Å²) in [6.07, 6.45) is 0.193. The number of anilines is 2. The highest BCUT2D eigenvalue weighted by Gasteiger charge is 2.19. The fraction of sp³-hybridized carbons (Fsp3) is 0.238. The number of amides is 1. The van der Waals surface area contributed by atoms with Crippen molar-refractivity contribution in [1.82, 2.24) is 5.16 Å². The second-order valence-electron chi connectivity index (χ2n) is 6.65. The first-order valence-corrected chi connectivity index (χ1v) is 10.8. The predicted molar refractivity (Wildman–Crippen MR) is 113 cm³/mol. The van der Waals surface area contributed by atoms with Crippen molar-refractivity contribution in [3.63, 3.8) is 0 Å². The van der Waals surface area contributed by atoms with Gasteiger partial charge in [0, 0.05) is 11.3 Å². The molecule has 0 aliphatic heterocycles. The molecule has 0 bridgehead atoms. The van der Waals surface area contributed by atoms with Gasteiger partial charge >= 0.3 is 0 Å². The van der Waals surface area contributed by atoms with Crippen molar-refractivity contribution in [3.8, 4) is 5.75 Å². The molecule has 8 nitrogen and oxygen atoms in total. The number of ether oxygens (including phenoxy) is 1. The first-order chi connectivity index (χ1) is 14.3. The second-order valence-corrected chi connectivity index (χ2v) is 8.34. The molecule has 1 aromatic heterocycles. The molecule has 1 amide bonds. The Balaban J connectivity index is 1.62. The van der Waals surface area contributed by atoms with Crippen molar-refractivity contribution in [2.24, 2.45) is 0 Å². The number of sulfonamides is 1. The lowest BCUT2D eigenvalue weighted by Gasteiger charge is -2.09. The summed E-state index contributed by atoms with van der Waals surface area (Å²) in [4.78, 5) is 12.3. The van der Waals surface area contributed by atoms with Gasteiger partial charge in [-0.1, -0.05) is 17.3 Å². The van der Waals surface area contributed by atoms with Gasteiger partial charge in [-0.3, -0.25) is 4.79 Å². The number of nitrogens with one attached hydrogen (secondary N) is 2. The van der Waals surface area contributed by atoms with E-state index in [1.807, 2.05) is 31.2 Å². The monoisotopic (exact) mass is 429 g/mol. The molecule has 158 valence electrons. The minimum atomic E-state index is -3.83. The predicted octanol–water partition coefficient (Wildman–Crippen LogP) is 3.67. The summed E-state index contributed by atoms with van der Waals surface area (Å²) in [5, 5.41) is 6.49. The van der Waals surface area contributed by atoms with Crippen LogP contribution < -0.4 is 14.8 Å². The fourth-order valence-corrected chi connectivity index (χ4v) is 3.72. The van der Waals surface area contributed by atoms with E-state index in [0.717, 1.165) is 11.3 Å². The molecular formula is C21H23N3O5S. The smallest absolute Gasteiger partial charge is 0.264 e. The Labute approximate surface area is 175 Å². The van der Waals surface area contributed by atoms with Gasteiger partial charge in [-0.2, -0.15) is 0 Å². The maximum Gasteiger partial charge on any atom is 0.264 e. The Bertz CT molecular complexity index is 1120. The van der Waals surface area contributed by atoms with Crippen LogP contribution in [0.2, 0.25) is 0 Å². The molecule has 1 heterocycles. The van der Waals surface area contributed by atoms with Crippen LogP contribution in [0.25, 0.3) is 0 Å². The average Bonchev–Trinajstić information content (AvgIpc) is 3.02. The summed E-state index contributed by atoms with van der Waals surface area (Å²) in [6.45, 7) is 5.93. The lowest BCUT2D eigenvalue weighted by Crippen LogP contribution is -2.15. The SMILES string of the molecule is CCOc1ccc(CC(=O)Nc2ccc(S(=O)(=O)Nc3onc(C)c3C)cc2)cc1. The molecule has 0 fully saturated rings. The summed E-state index contributed by atoms with van der Waals surface area (Å²) >= 11 is 0. The number of hydrogen-bond acceptors (Lipinski definition) is 6. The molecule has 0 aliphatic carbocycles. The van der Waals surface area contributed by atoms with Crippen LogP contribution in [0.4, 0.5) is 11.6 Å². The van der Waals surface area contributed by atoms with E-state index in [2.05, 4.69) is 15.2 Å². The maximum absolute atomic E-state index is 12.5. The zero-order valence-corrected chi connectivity index (χ0v) is 17.7. The van der Waals surface area contributed by atoms with E-state index in [0.29, 0.717) is 23.6 Å². The molecule has 30 heavy (non-hydrogen) atoms.